The molecule has 0 rings (SSSR count). The van der Waals surface area contributed by atoms with Gasteiger partial charge in [-0.25, -0.2) is 0 Å². The Kier molecular flexibility index (Phi) is 6.35. The molecule has 0 aromatic carbocycles. The first-order chi connectivity index (χ1) is 5.74. The largest absolute Gasteiger partial charge is 0.379 e. The monoisotopic (exact) mass is 169 g/mol. The maximum atomic E-state index is 8.58. The third kappa shape index (κ3) is 4.89. The summed E-state index contributed by atoms with van der Waals surface area (Å²) in [5.74, 6) is 0. The van der Waals surface area contributed by atoms with Crippen molar-refractivity contribution >= 4 is 0 Å². The molecule has 0 bridgehead atoms. The lowest BCUT2D eigenvalue weighted by molar-refractivity contribution is 0.0116. The van der Waals surface area contributed by atoms with Gasteiger partial charge in [-0.05, 0) is 19.9 Å². The molecule has 0 spiro atoms. The number of nitriles is 1. The highest BCUT2D eigenvalue weighted by Crippen LogP contribution is 1.96. The van der Waals surface area contributed by atoms with Gasteiger partial charge in [-0.1, -0.05) is 6.08 Å². The molecule has 3 nitrogen and oxygen atoms in total. The van der Waals surface area contributed by atoms with Gasteiger partial charge in [0.1, 0.15) is 0 Å². The van der Waals surface area contributed by atoms with E-state index in [-0.39, 0.29) is 6.10 Å². The predicted molar refractivity (Wildman–Crippen MR) is 46.6 cm³/mol. The van der Waals surface area contributed by atoms with Gasteiger partial charge < -0.3 is 9.47 Å². The van der Waals surface area contributed by atoms with E-state index in [9.17, 15) is 0 Å². The highest BCUT2D eigenvalue weighted by Gasteiger charge is 2.05. The zero-order valence-electron chi connectivity index (χ0n) is 7.78. The van der Waals surface area contributed by atoms with Gasteiger partial charge in [-0.15, -0.1) is 0 Å². The van der Waals surface area contributed by atoms with Crippen LogP contribution in [-0.2, 0) is 9.47 Å². The van der Waals surface area contributed by atoms with Gasteiger partial charge in [0.25, 0.3) is 0 Å². The van der Waals surface area contributed by atoms with Crippen molar-refractivity contribution in [1.29, 1.82) is 5.26 Å². The molecule has 0 radical (unpaired) electrons. The normalized spacial score (nSPS) is 15.8. The minimum atomic E-state index is -0.451. The molecule has 0 aliphatic rings. The predicted octanol–water partition coefficient (Wildman–Crippen LogP) is 1.51. The summed E-state index contributed by atoms with van der Waals surface area (Å²) >= 11 is 0. The third-order valence-corrected chi connectivity index (χ3v) is 1.41. The summed E-state index contributed by atoms with van der Waals surface area (Å²) < 4.78 is 10.2. The molecule has 68 valence electrons. The van der Waals surface area contributed by atoms with Crippen molar-refractivity contribution in [2.45, 2.75) is 26.1 Å². The van der Waals surface area contributed by atoms with Crippen LogP contribution < -0.4 is 0 Å². The van der Waals surface area contributed by atoms with Gasteiger partial charge in [-0.3, -0.25) is 0 Å². The fourth-order valence-corrected chi connectivity index (χ4v) is 0.618. The lowest BCUT2D eigenvalue weighted by atomic mass is 10.3. The lowest BCUT2D eigenvalue weighted by Crippen LogP contribution is -2.18. The zero-order valence-corrected chi connectivity index (χ0v) is 7.78. The Morgan fingerprint density at radius 3 is 2.67 bits per heavy atom. The molecular formula is C9H15NO2. The summed E-state index contributed by atoms with van der Waals surface area (Å²) in [5, 5.41) is 8.58. The Hall–Kier alpha value is -0.850. The molecule has 2 atom stereocenters. The Morgan fingerprint density at radius 1 is 1.58 bits per heavy atom. The van der Waals surface area contributed by atoms with E-state index < -0.39 is 6.10 Å². The van der Waals surface area contributed by atoms with Crippen LogP contribution in [0, 0.1) is 11.3 Å². The Morgan fingerprint density at radius 2 is 2.25 bits per heavy atom. The molecule has 0 amide bonds. The summed E-state index contributed by atoms with van der Waals surface area (Å²) in [7, 11) is 1.62. The quantitative estimate of drug-likeness (QED) is 0.586. The second kappa shape index (κ2) is 6.84. The smallest absolute Gasteiger partial charge is 0.162 e. The molecule has 0 aromatic heterocycles. The van der Waals surface area contributed by atoms with Gasteiger partial charge in [0.15, 0.2) is 6.10 Å². The second-order valence-electron chi connectivity index (χ2n) is 2.46. The van der Waals surface area contributed by atoms with Crippen LogP contribution in [0.25, 0.3) is 0 Å². The summed E-state index contributed by atoms with van der Waals surface area (Å²) in [6.45, 7) is 4.19. The first-order valence-corrected chi connectivity index (χ1v) is 3.91. The zero-order chi connectivity index (χ0) is 9.40. The molecule has 0 saturated heterocycles. The fourth-order valence-electron chi connectivity index (χ4n) is 0.618. The van der Waals surface area contributed by atoms with Crippen molar-refractivity contribution in [3.63, 3.8) is 0 Å². The topological polar surface area (TPSA) is 42.2 Å². The molecule has 1 unspecified atom stereocenters. The average molecular weight is 169 g/mol. The van der Waals surface area contributed by atoms with Crippen molar-refractivity contribution in [3.05, 3.63) is 12.2 Å². The molecule has 0 aliphatic heterocycles. The SMILES string of the molecule is C/C=C/[C@H](C#N)OCC(C)OC. The van der Waals surface area contributed by atoms with Crippen LogP contribution in [0.1, 0.15) is 13.8 Å². The van der Waals surface area contributed by atoms with Crippen molar-refractivity contribution in [1.82, 2.24) is 0 Å². The minimum Gasteiger partial charge on any atom is -0.379 e. The number of nitrogens with zero attached hydrogens (tertiary/aromatic N) is 1. The first-order valence-electron chi connectivity index (χ1n) is 3.91. The summed E-state index contributed by atoms with van der Waals surface area (Å²) in [6, 6.07) is 2.02. The van der Waals surface area contributed by atoms with Crippen LogP contribution in [0.5, 0.6) is 0 Å². The number of ether oxygens (including phenoxy) is 2. The second-order valence-corrected chi connectivity index (χ2v) is 2.46. The van der Waals surface area contributed by atoms with E-state index in [1.165, 1.54) is 0 Å². The first kappa shape index (κ1) is 11.2. The van der Waals surface area contributed by atoms with Gasteiger partial charge in [0.2, 0.25) is 0 Å². The molecule has 0 aliphatic carbocycles. The van der Waals surface area contributed by atoms with E-state index in [0.29, 0.717) is 6.61 Å². The fraction of sp³-hybridized carbons (Fsp3) is 0.667. The van der Waals surface area contributed by atoms with Gasteiger partial charge in [0.05, 0.1) is 18.8 Å². The van der Waals surface area contributed by atoms with Gasteiger partial charge in [0, 0.05) is 7.11 Å². The van der Waals surface area contributed by atoms with E-state index in [1.807, 2.05) is 19.9 Å². The maximum Gasteiger partial charge on any atom is 0.162 e. The lowest BCUT2D eigenvalue weighted by Gasteiger charge is -2.11. The molecule has 0 saturated carbocycles. The van der Waals surface area contributed by atoms with Crippen LogP contribution in [0.4, 0.5) is 0 Å². The molecule has 0 heterocycles. The minimum absolute atomic E-state index is 0.0334. The van der Waals surface area contributed by atoms with E-state index >= 15 is 0 Å². The molecule has 0 N–H and O–H groups in total. The molecular weight excluding hydrogens is 154 g/mol. The number of methoxy groups -OCH3 is 1. The summed E-state index contributed by atoms with van der Waals surface area (Å²) in [6.07, 6.45) is 3.09. The molecule has 3 heteroatoms. The number of hydrogen-bond acceptors (Lipinski definition) is 3. The highest BCUT2D eigenvalue weighted by atomic mass is 16.5. The van der Waals surface area contributed by atoms with E-state index in [1.54, 1.807) is 19.3 Å². The van der Waals surface area contributed by atoms with E-state index in [0.717, 1.165) is 0 Å². The van der Waals surface area contributed by atoms with E-state index in [2.05, 4.69) is 0 Å². The highest BCUT2D eigenvalue weighted by molar-refractivity contribution is 5.00. The number of allylic oxidation sites excluding steroid dienone is 1. The number of hydrogen-bond donors (Lipinski definition) is 0. The maximum absolute atomic E-state index is 8.58. The van der Waals surface area contributed by atoms with Gasteiger partial charge in [-0.2, -0.15) is 5.26 Å². The molecule has 12 heavy (non-hydrogen) atoms. The molecule has 0 fully saturated rings. The Balaban J connectivity index is 3.67. The van der Waals surface area contributed by atoms with Crippen molar-refractivity contribution < 1.29 is 9.47 Å². The number of rotatable bonds is 5. The average Bonchev–Trinajstić information content (AvgIpc) is 2.11. The van der Waals surface area contributed by atoms with Crippen molar-refractivity contribution in [2.75, 3.05) is 13.7 Å². The standard InChI is InChI=1S/C9H15NO2/c1-4-5-9(6-10)12-7-8(2)11-3/h4-5,8-9H,7H2,1-3H3/b5-4+/t8?,9-/m1/s1. The molecule has 0 aromatic rings. The van der Waals surface area contributed by atoms with E-state index in [4.69, 9.17) is 14.7 Å². The summed E-state index contributed by atoms with van der Waals surface area (Å²) in [4.78, 5) is 0. The van der Waals surface area contributed by atoms with Crippen molar-refractivity contribution in [3.8, 4) is 6.07 Å². The Bertz CT molecular complexity index is 172. The third-order valence-electron chi connectivity index (χ3n) is 1.41. The van der Waals surface area contributed by atoms with Crippen molar-refractivity contribution in [2.24, 2.45) is 0 Å². The summed E-state index contributed by atoms with van der Waals surface area (Å²) in [5.41, 5.74) is 0. The van der Waals surface area contributed by atoms with Crippen LogP contribution in [0.2, 0.25) is 0 Å². The Labute approximate surface area is 73.6 Å². The van der Waals surface area contributed by atoms with Crippen LogP contribution in [0.3, 0.4) is 0 Å². The van der Waals surface area contributed by atoms with Gasteiger partial charge >= 0.3 is 0 Å². The van der Waals surface area contributed by atoms with Crippen LogP contribution in [0.15, 0.2) is 12.2 Å². The van der Waals surface area contributed by atoms with Crippen LogP contribution in [-0.4, -0.2) is 25.9 Å². The van der Waals surface area contributed by atoms with Crippen LogP contribution >= 0.6 is 0 Å².